The summed E-state index contributed by atoms with van der Waals surface area (Å²) in [6, 6.07) is 0. The summed E-state index contributed by atoms with van der Waals surface area (Å²) in [5.74, 6) is 0. The van der Waals surface area contributed by atoms with Crippen LogP contribution in [0.2, 0.25) is 0 Å². The molecule has 0 aliphatic carbocycles. The van der Waals surface area contributed by atoms with E-state index < -0.39 is 0 Å². The molecule has 5 heteroatoms. The zero-order chi connectivity index (χ0) is 8.27. The lowest BCUT2D eigenvalue weighted by molar-refractivity contribution is 0.118. The zero-order valence-electron chi connectivity index (χ0n) is 6.57. The van der Waals surface area contributed by atoms with Crippen molar-refractivity contribution in [3.8, 4) is 0 Å². The third-order valence-corrected chi connectivity index (χ3v) is 2.47. The Kier molecular flexibility index (Phi) is 2.92. The largest absolute Gasteiger partial charge is 0.374 e. The molecule has 4 nitrogen and oxygen atoms in total. The van der Waals surface area contributed by atoms with Crippen LogP contribution in [0.3, 0.4) is 0 Å². The Morgan fingerprint density at radius 3 is 2.82 bits per heavy atom. The number of nitrogens with two attached hydrogens (primary N) is 1. The molecule has 11 heavy (non-hydrogen) atoms. The number of aromatic nitrogens is 2. The second-order valence-corrected chi connectivity index (χ2v) is 3.21. The van der Waals surface area contributed by atoms with Crippen molar-refractivity contribution < 1.29 is 4.74 Å². The normalized spacial score (nSPS) is 13.4. The Bertz CT molecular complexity index is 225. The Balaban J connectivity index is 2.71. The topological polar surface area (TPSA) is 61.0 Å². The molecule has 0 amide bonds. The summed E-state index contributed by atoms with van der Waals surface area (Å²) in [6.07, 6.45) is 0.0211. The van der Waals surface area contributed by atoms with Crippen molar-refractivity contribution in [1.82, 2.24) is 10.2 Å². The van der Waals surface area contributed by atoms with E-state index in [4.69, 9.17) is 10.5 Å². The van der Waals surface area contributed by atoms with Gasteiger partial charge in [0, 0.05) is 13.7 Å². The molecule has 62 valence electrons. The molecule has 0 saturated carbocycles. The lowest BCUT2D eigenvalue weighted by Gasteiger charge is -2.01. The van der Waals surface area contributed by atoms with Crippen LogP contribution < -0.4 is 5.73 Å². The van der Waals surface area contributed by atoms with Crippen LogP contribution in [0.4, 0.5) is 0 Å². The van der Waals surface area contributed by atoms with Gasteiger partial charge < -0.3 is 10.5 Å². The summed E-state index contributed by atoms with van der Waals surface area (Å²) >= 11 is 1.49. The number of nitrogens with zero attached hydrogens (tertiary/aromatic N) is 2. The smallest absolute Gasteiger partial charge is 0.146 e. The molecule has 0 bridgehead atoms. The molecule has 1 unspecified atom stereocenters. The number of ether oxygens (including phenoxy) is 1. The summed E-state index contributed by atoms with van der Waals surface area (Å²) in [4.78, 5) is 0. The van der Waals surface area contributed by atoms with Gasteiger partial charge in [-0.1, -0.05) is 11.3 Å². The van der Waals surface area contributed by atoms with Crippen LogP contribution in [-0.2, 0) is 11.3 Å². The van der Waals surface area contributed by atoms with Crippen molar-refractivity contribution in [2.75, 3.05) is 7.11 Å². The molecular weight excluding hydrogens is 162 g/mol. The first-order chi connectivity index (χ1) is 5.27. The molecule has 0 saturated heterocycles. The summed E-state index contributed by atoms with van der Waals surface area (Å²) in [6.45, 7) is 2.38. The van der Waals surface area contributed by atoms with Crippen molar-refractivity contribution in [3.63, 3.8) is 0 Å². The predicted octanol–water partition coefficient (Wildman–Crippen LogP) is 0.704. The van der Waals surface area contributed by atoms with E-state index in [1.807, 2.05) is 6.92 Å². The van der Waals surface area contributed by atoms with E-state index in [1.165, 1.54) is 11.3 Å². The minimum Gasteiger partial charge on any atom is -0.374 e. The van der Waals surface area contributed by atoms with Gasteiger partial charge in [0.2, 0.25) is 0 Å². The number of hydrogen-bond donors (Lipinski definition) is 1. The highest BCUT2D eigenvalue weighted by Crippen LogP contribution is 2.19. The van der Waals surface area contributed by atoms with Gasteiger partial charge in [0.1, 0.15) is 16.1 Å². The molecule has 1 aromatic rings. The number of methoxy groups -OCH3 is 1. The predicted molar refractivity (Wildman–Crippen MR) is 43.2 cm³/mol. The third-order valence-electron chi connectivity index (χ3n) is 1.36. The molecule has 0 aliphatic rings. The van der Waals surface area contributed by atoms with E-state index in [0.29, 0.717) is 6.54 Å². The molecular formula is C6H11N3OS. The molecule has 1 heterocycles. The first-order valence-corrected chi connectivity index (χ1v) is 4.14. The van der Waals surface area contributed by atoms with E-state index in [-0.39, 0.29) is 6.10 Å². The maximum absolute atomic E-state index is 5.37. The second-order valence-electron chi connectivity index (χ2n) is 2.12. The lowest BCUT2D eigenvalue weighted by Crippen LogP contribution is -1.94. The third kappa shape index (κ3) is 1.95. The molecule has 0 spiro atoms. The van der Waals surface area contributed by atoms with Crippen molar-refractivity contribution in [1.29, 1.82) is 0 Å². The first-order valence-electron chi connectivity index (χ1n) is 3.33. The Hall–Kier alpha value is -0.520. The van der Waals surface area contributed by atoms with Crippen LogP contribution in [-0.4, -0.2) is 17.3 Å². The van der Waals surface area contributed by atoms with Crippen LogP contribution in [0.15, 0.2) is 0 Å². The van der Waals surface area contributed by atoms with Gasteiger partial charge in [0.15, 0.2) is 0 Å². The van der Waals surface area contributed by atoms with E-state index in [0.717, 1.165) is 10.0 Å². The highest BCUT2D eigenvalue weighted by Gasteiger charge is 2.09. The Morgan fingerprint density at radius 1 is 1.64 bits per heavy atom. The number of hydrogen-bond acceptors (Lipinski definition) is 5. The zero-order valence-corrected chi connectivity index (χ0v) is 7.39. The molecule has 1 atom stereocenters. The molecule has 2 N–H and O–H groups in total. The fraction of sp³-hybridized carbons (Fsp3) is 0.667. The minimum atomic E-state index is 0.0211. The van der Waals surface area contributed by atoms with Gasteiger partial charge in [-0.25, -0.2) is 0 Å². The fourth-order valence-corrected chi connectivity index (χ4v) is 1.36. The Labute approximate surface area is 69.4 Å². The maximum atomic E-state index is 5.37. The van der Waals surface area contributed by atoms with Gasteiger partial charge in [-0.15, -0.1) is 10.2 Å². The summed E-state index contributed by atoms with van der Waals surface area (Å²) in [7, 11) is 1.65. The maximum Gasteiger partial charge on any atom is 0.146 e. The van der Waals surface area contributed by atoms with Crippen molar-refractivity contribution in [2.45, 2.75) is 19.6 Å². The monoisotopic (exact) mass is 173 g/mol. The van der Waals surface area contributed by atoms with Crippen LogP contribution in [0.5, 0.6) is 0 Å². The van der Waals surface area contributed by atoms with E-state index in [9.17, 15) is 0 Å². The SMILES string of the molecule is COC(C)c1nnc(CN)s1. The molecule has 0 aromatic carbocycles. The van der Waals surface area contributed by atoms with Gasteiger partial charge in [-0.3, -0.25) is 0 Å². The van der Waals surface area contributed by atoms with Gasteiger partial charge in [0.05, 0.1) is 0 Å². The van der Waals surface area contributed by atoms with E-state index in [2.05, 4.69) is 10.2 Å². The fourth-order valence-electron chi connectivity index (χ4n) is 0.614. The average molecular weight is 173 g/mol. The van der Waals surface area contributed by atoms with Crippen LogP contribution in [0.25, 0.3) is 0 Å². The molecule has 1 rings (SSSR count). The summed E-state index contributed by atoms with van der Waals surface area (Å²) < 4.78 is 5.06. The van der Waals surface area contributed by atoms with Crippen molar-refractivity contribution >= 4 is 11.3 Å². The highest BCUT2D eigenvalue weighted by molar-refractivity contribution is 7.11. The van der Waals surface area contributed by atoms with Crippen molar-refractivity contribution in [2.24, 2.45) is 5.73 Å². The van der Waals surface area contributed by atoms with Gasteiger partial charge in [0.25, 0.3) is 0 Å². The van der Waals surface area contributed by atoms with Crippen molar-refractivity contribution in [3.05, 3.63) is 10.0 Å². The standard InChI is InChI=1S/C6H11N3OS/c1-4(10-2)6-9-8-5(3-7)11-6/h4H,3,7H2,1-2H3. The second kappa shape index (κ2) is 3.75. The quantitative estimate of drug-likeness (QED) is 0.731. The molecule has 1 aromatic heterocycles. The van der Waals surface area contributed by atoms with E-state index >= 15 is 0 Å². The van der Waals surface area contributed by atoms with E-state index in [1.54, 1.807) is 7.11 Å². The van der Waals surface area contributed by atoms with Crippen LogP contribution in [0, 0.1) is 0 Å². The first kappa shape index (κ1) is 8.58. The summed E-state index contributed by atoms with van der Waals surface area (Å²) in [5.41, 5.74) is 5.37. The Morgan fingerprint density at radius 2 is 2.36 bits per heavy atom. The highest BCUT2D eigenvalue weighted by atomic mass is 32.1. The van der Waals surface area contributed by atoms with Gasteiger partial charge >= 0.3 is 0 Å². The molecule has 0 fully saturated rings. The average Bonchev–Trinajstić information content (AvgIpc) is 2.50. The van der Waals surface area contributed by atoms with Crippen LogP contribution in [0.1, 0.15) is 23.0 Å². The molecule has 0 aliphatic heterocycles. The summed E-state index contributed by atoms with van der Waals surface area (Å²) in [5, 5.41) is 9.52. The van der Waals surface area contributed by atoms with Crippen LogP contribution >= 0.6 is 11.3 Å². The van der Waals surface area contributed by atoms with Gasteiger partial charge in [-0.2, -0.15) is 0 Å². The van der Waals surface area contributed by atoms with Gasteiger partial charge in [-0.05, 0) is 6.92 Å². The lowest BCUT2D eigenvalue weighted by atomic mass is 10.4. The number of rotatable bonds is 3. The molecule has 0 radical (unpaired) electrons. The minimum absolute atomic E-state index is 0.0211.